The molecule has 2 atom stereocenters. The van der Waals surface area contributed by atoms with Gasteiger partial charge in [0.05, 0.1) is 6.04 Å². The minimum atomic E-state index is -0.305. The van der Waals surface area contributed by atoms with Crippen LogP contribution in [0.25, 0.3) is 0 Å². The number of hydrogen-bond donors (Lipinski definition) is 1. The Morgan fingerprint density at radius 1 is 1.00 bits per heavy atom. The quantitative estimate of drug-likeness (QED) is 0.633. The van der Waals surface area contributed by atoms with Crippen LogP contribution in [0.1, 0.15) is 35.7 Å². The lowest BCUT2D eigenvalue weighted by Crippen LogP contribution is -2.46. The van der Waals surface area contributed by atoms with E-state index in [0.29, 0.717) is 13.2 Å². The summed E-state index contributed by atoms with van der Waals surface area (Å²) in [4.78, 5) is 15.6. The number of amides is 1. The van der Waals surface area contributed by atoms with Crippen molar-refractivity contribution >= 4 is 5.91 Å². The zero-order valence-electron chi connectivity index (χ0n) is 17.3. The van der Waals surface area contributed by atoms with Crippen LogP contribution in [0.15, 0.2) is 84.9 Å². The summed E-state index contributed by atoms with van der Waals surface area (Å²) >= 11 is 0. The molecule has 1 aliphatic rings. The van der Waals surface area contributed by atoms with Crippen molar-refractivity contribution in [1.82, 2.24) is 10.2 Å². The monoisotopic (exact) mass is 400 g/mol. The summed E-state index contributed by atoms with van der Waals surface area (Å²) in [6.07, 6.45) is 0.944. The van der Waals surface area contributed by atoms with Gasteiger partial charge in [-0.25, -0.2) is 0 Å². The van der Waals surface area contributed by atoms with Crippen LogP contribution in [0.3, 0.4) is 0 Å². The smallest absolute Gasteiger partial charge is 0.242 e. The second-order valence-corrected chi connectivity index (χ2v) is 7.69. The molecule has 0 bridgehead atoms. The van der Waals surface area contributed by atoms with E-state index in [4.69, 9.17) is 4.74 Å². The molecule has 4 rings (SSSR count). The van der Waals surface area contributed by atoms with Crippen LogP contribution in [-0.2, 0) is 11.2 Å². The van der Waals surface area contributed by atoms with Crippen molar-refractivity contribution in [1.29, 1.82) is 0 Å². The average Bonchev–Trinajstić information content (AvgIpc) is 2.80. The third-order valence-corrected chi connectivity index (χ3v) is 5.68. The van der Waals surface area contributed by atoms with Crippen LogP contribution >= 0.6 is 0 Å². The molecule has 1 amide bonds. The molecule has 0 radical (unpaired) electrons. The van der Waals surface area contributed by atoms with Gasteiger partial charge in [0, 0.05) is 13.1 Å². The molecule has 3 aromatic rings. The molecule has 0 spiro atoms. The number of fused-ring (bicyclic) bond motifs is 1. The van der Waals surface area contributed by atoms with Crippen molar-refractivity contribution in [3.63, 3.8) is 0 Å². The Morgan fingerprint density at radius 3 is 2.43 bits per heavy atom. The molecule has 1 N–H and O–H groups in total. The first-order chi connectivity index (χ1) is 14.7. The minimum absolute atomic E-state index is 0.0400. The fraction of sp³-hybridized carbons (Fsp3) is 0.269. The SMILES string of the molecule is CC(NC(=O)[C@H]1c2ccccc2CCN1CCOc1ccccc1)c1ccccc1. The standard InChI is InChI=1S/C26H28N2O2/c1-20(21-10-4-2-5-11-21)27-26(29)25-24-15-9-8-12-22(24)16-17-28(25)18-19-30-23-13-6-3-7-14-23/h2-15,20,25H,16-19H2,1H3,(H,27,29)/t20?,25-/m1/s1. The first-order valence-electron chi connectivity index (χ1n) is 10.6. The summed E-state index contributed by atoms with van der Waals surface area (Å²) in [6.45, 7) is 4.11. The largest absolute Gasteiger partial charge is 0.492 e. The number of carbonyl (C=O) groups excluding carboxylic acids is 1. The van der Waals surface area contributed by atoms with Crippen molar-refractivity contribution in [3.05, 3.63) is 102 Å². The third kappa shape index (κ3) is 4.71. The molecule has 0 saturated heterocycles. The molecule has 4 heteroatoms. The molecule has 4 nitrogen and oxygen atoms in total. The zero-order chi connectivity index (χ0) is 20.8. The summed E-state index contributed by atoms with van der Waals surface area (Å²) in [5, 5.41) is 3.22. The Labute approximate surface area is 178 Å². The number of para-hydroxylation sites is 1. The lowest BCUT2D eigenvalue weighted by Gasteiger charge is -2.36. The van der Waals surface area contributed by atoms with Gasteiger partial charge in [-0.3, -0.25) is 9.69 Å². The number of nitrogens with one attached hydrogen (secondary N) is 1. The summed E-state index contributed by atoms with van der Waals surface area (Å²) in [5.41, 5.74) is 3.46. The van der Waals surface area contributed by atoms with Crippen LogP contribution in [0.4, 0.5) is 0 Å². The van der Waals surface area contributed by atoms with Gasteiger partial charge in [-0.2, -0.15) is 0 Å². The van der Waals surface area contributed by atoms with E-state index in [0.717, 1.165) is 29.8 Å². The van der Waals surface area contributed by atoms with Gasteiger partial charge in [-0.1, -0.05) is 72.8 Å². The average molecular weight is 401 g/mol. The molecule has 30 heavy (non-hydrogen) atoms. The second-order valence-electron chi connectivity index (χ2n) is 7.69. The van der Waals surface area contributed by atoms with Crippen LogP contribution < -0.4 is 10.1 Å². The maximum Gasteiger partial charge on any atom is 0.242 e. The van der Waals surface area contributed by atoms with Crippen molar-refractivity contribution in [2.45, 2.75) is 25.4 Å². The fourth-order valence-electron chi connectivity index (χ4n) is 4.08. The van der Waals surface area contributed by atoms with Gasteiger partial charge >= 0.3 is 0 Å². The van der Waals surface area contributed by atoms with Gasteiger partial charge in [0.2, 0.25) is 5.91 Å². The number of ether oxygens (including phenoxy) is 1. The Kier molecular flexibility index (Phi) is 6.45. The molecule has 154 valence electrons. The van der Waals surface area contributed by atoms with Gasteiger partial charge in [-0.15, -0.1) is 0 Å². The maximum absolute atomic E-state index is 13.4. The van der Waals surface area contributed by atoms with E-state index in [1.54, 1.807) is 0 Å². The Balaban J connectivity index is 1.48. The normalized spacial score (nSPS) is 17.0. The summed E-state index contributed by atoms with van der Waals surface area (Å²) in [5.74, 6) is 0.895. The van der Waals surface area contributed by atoms with E-state index < -0.39 is 0 Å². The van der Waals surface area contributed by atoms with Crippen LogP contribution in [0.5, 0.6) is 5.75 Å². The Hall–Kier alpha value is -3.11. The van der Waals surface area contributed by atoms with Crippen LogP contribution in [0, 0.1) is 0 Å². The highest BCUT2D eigenvalue weighted by Gasteiger charge is 2.33. The summed E-state index contributed by atoms with van der Waals surface area (Å²) < 4.78 is 5.90. The van der Waals surface area contributed by atoms with Crippen LogP contribution in [0.2, 0.25) is 0 Å². The molecule has 1 unspecified atom stereocenters. The lowest BCUT2D eigenvalue weighted by molar-refractivity contribution is -0.128. The highest BCUT2D eigenvalue weighted by atomic mass is 16.5. The van der Waals surface area contributed by atoms with Crippen molar-refractivity contribution < 1.29 is 9.53 Å². The Bertz CT molecular complexity index is 959. The molecular weight excluding hydrogens is 372 g/mol. The fourth-order valence-corrected chi connectivity index (χ4v) is 4.08. The number of nitrogens with zero attached hydrogens (tertiary/aromatic N) is 1. The number of rotatable bonds is 7. The minimum Gasteiger partial charge on any atom is -0.492 e. The number of hydrogen-bond acceptors (Lipinski definition) is 3. The summed E-state index contributed by atoms with van der Waals surface area (Å²) in [7, 11) is 0. The van der Waals surface area contributed by atoms with E-state index in [9.17, 15) is 4.79 Å². The van der Waals surface area contributed by atoms with Gasteiger partial charge < -0.3 is 10.1 Å². The molecule has 3 aromatic carbocycles. The summed E-state index contributed by atoms with van der Waals surface area (Å²) in [6, 6.07) is 27.8. The molecular formula is C26H28N2O2. The highest BCUT2D eigenvalue weighted by Crippen LogP contribution is 2.30. The first-order valence-corrected chi connectivity index (χ1v) is 10.6. The van der Waals surface area contributed by atoms with Gasteiger partial charge in [-0.05, 0) is 42.2 Å². The van der Waals surface area contributed by atoms with Crippen molar-refractivity contribution in [2.75, 3.05) is 19.7 Å². The topological polar surface area (TPSA) is 41.6 Å². The lowest BCUT2D eigenvalue weighted by atomic mass is 9.91. The van der Waals surface area contributed by atoms with Gasteiger partial charge in [0.1, 0.15) is 18.4 Å². The van der Waals surface area contributed by atoms with E-state index >= 15 is 0 Å². The predicted octanol–water partition coefficient (Wildman–Crippen LogP) is 4.54. The second kappa shape index (κ2) is 9.59. The van der Waals surface area contributed by atoms with E-state index in [-0.39, 0.29) is 18.0 Å². The molecule has 0 fully saturated rings. The maximum atomic E-state index is 13.4. The first kappa shape index (κ1) is 20.2. The highest BCUT2D eigenvalue weighted by molar-refractivity contribution is 5.84. The van der Waals surface area contributed by atoms with Gasteiger partial charge in [0.15, 0.2) is 0 Å². The van der Waals surface area contributed by atoms with E-state index in [2.05, 4.69) is 28.4 Å². The molecule has 0 saturated carbocycles. The molecule has 1 aliphatic heterocycles. The molecule has 0 aromatic heterocycles. The molecule has 0 aliphatic carbocycles. The van der Waals surface area contributed by atoms with Crippen molar-refractivity contribution in [3.8, 4) is 5.75 Å². The van der Waals surface area contributed by atoms with E-state index in [1.807, 2.05) is 73.7 Å². The van der Waals surface area contributed by atoms with Crippen molar-refractivity contribution in [2.24, 2.45) is 0 Å². The zero-order valence-corrected chi connectivity index (χ0v) is 17.3. The Morgan fingerprint density at radius 2 is 1.67 bits per heavy atom. The number of benzene rings is 3. The van der Waals surface area contributed by atoms with E-state index in [1.165, 1.54) is 5.56 Å². The third-order valence-electron chi connectivity index (χ3n) is 5.68. The number of carbonyl (C=O) groups is 1. The van der Waals surface area contributed by atoms with Gasteiger partial charge in [0.25, 0.3) is 0 Å². The molecule has 1 heterocycles. The predicted molar refractivity (Wildman–Crippen MR) is 119 cm³/mol. The van der Waals surface area contributed by atoms with Crippen LogP contribution in [-0.4, -0.2) is 30.5 Å².